The molecule has 1 saturated heterocycles. The van der Waals surface area contributed by atoms with Gasteiger partial charge in [-0.1, -0.05) is 30.3 Å². The van der Waals surface area contributed by atoms with Crippen LogP contribution in [0.1, 0.15) is 22.5 Å². The van der Waals surface area contributed by atoms with Gasteiger partial charge in [0, 0.05) is 35.6 Å². The molecule has 0 bridgehead atoms. The first-order valence-electron chi connectivity index (χ1n) is 14.6. The molecule has 7 rings (SSSR count). The van der Waals surface area contributed by atoms with E-state index in [0.29, 0.717) is 71.3 Å². The fourth-order valence-corrected chi connectivity index (χ4v) is 9.58. The molecule has 0 saturated carbocycles. The maximum atomic E-state index is 14.1. The maximum Gasteiger partial charge on any atom is 0.418 e. The Morgan fingerprint density at radius 3 is 2.26 bits per heavy atom. The summed E-state index contributed by atoms with van der Waals surface area (Å²) in [6.07, 6.45) is -7.71. The molecule has 0 aliphatic carbocycles. The second-order valence-corrected chi connectivity index (χ2v) is 14.7. The number of morpholine rings is 1. The first-order chi connectivity index (χ1) is 22.1. The number of ether oxygens (including phenoxy) is 1. The first-order valence-corrected chi connectivity index (χ1v) is 17.3. The second kappa shape index (κ2) is 11.6. The molecular formula is C33H28F4N5O2PS. The molecule has 236 valence electrons. The summed E-state index contributed by atoms with van der Waals surface area (Å²) in [6, 6.07) is 22.6. The maximum absolute atomic E-state index is 14.1. The molecule has 13 heteroatoms. The van der Waals surface area contributed by atoms with Crippen molar-refractivity contribution >= 4 is 35.2 Å². The molecule has 4 heterocycles. The fraction of sp³-hybridized carbons (Fsp3) is 0.212. The van der Waals surface area contributed by atoms with Gasteiger partial charge in [-0.3, -0.25) is 0 Å². The number of aromatic nitrogens is 3. The highest BCUT2D eigenvalue weighted by Gasteiger charge is 2.44. The van der Waals surface area contributed by atoms with Gasteiger partial charge in [0.1, 0.15) is 16.8 Å². The zero-order valence-corrected chi connectivity index (χ0v) is 26.5. The summed E-state index contributed by atoms with van der Waals surface area (Å²) in [7, 11) is 0. The van der Waals surface area contributed by atoms with Gasteiger partial charge < -0.3 is 13.8 Å². The van der Waals surface area contributed by atoms with Crippen LogP contribution in [-0.2, 0) is 27.2 Å². The van der Waals surface area contributed by atoms with Crippen LogP contribution < -0.4 is 5.30 Å². The molecule has 1 unspecified atom stereocenters. The Labute approximate surface area is 267 Å². The highest BCUT2D eigenvalue weighted by atomic mass is 32.4. The number of rotatable bonds is 5. The van der Waals surface area contributed by atoms with E-state index in [1.807, 2.05) is 36.4 Å². The SMILES string of the molecule is Cc1cc(-c2nn(-c3ccccc3)c3c2P(=S)(N2CCOCC2)OC(c2ccc(F)cc2)=N3)c(C)n1-c1ccccc1C(F)(F)F. The number of hydrogen-bond acceptors (Lipinski definition) is 5. The Bertz CT molecular complexity index is 2020. The van der Waals surface area contributed by atoms with Crippen LogP contribution in [0.2, 0.25) is 0 Å². The molecule has 0 N–H and O–H groups in total. The van der Waals surface area contributed by atoms with Crippen molar-refractivity contribution in [2.45, 2.75) is 20.0 Å². The smallest absolute Gasteiger partial charge is 0.418 e. The van der Waals surface area contributed by atoms with Gasteiger partial charge in [-0.15, -0.1) is 0 Å². The lowest BCUT2D eigenvalue weighted by Gasteiger charge is -2.38. The van der Waals surface area contributed by atoms with Crippen LogP contribution in [0, 0.1) is 19.7 Å². The van der Waals surface area contributed by atoms with E-state index in [1.54, 1.807) is 41.3 Å². The van der Waals surface area contributed by atoms with Crippen LogP contribution in [0.4, 0.5) is 23.4 Å². The summed E-state index contributed by atoms with van der Waals surface area (Å²) in [4.78, 5) is 4.94. The lowest BCUT2D eigenvalue weighted by molar-refractivity contribution is -0.137. The minimum atomic E-state index is -4.55. The highest BCUT2D eigenvalue weighted by Crippen LogP contribution is 2.58. The molecule has 2 aromatic heterocycles. The molecule has 1 atom stereocenters. The summed E-state index contributed by atoms with van der Waals surface area (Å²) in [6.45, 7) is 5.45. The van der Waals surface area contributed by atoms with E-state index >= 15 is 0 Å². The molecule has 2 aliphatic rings. The molecule has 7 nitrogen and oxygen atoms in total. The molecule has 2 aliphatic heterocycles. The van der Waals surface area contributed by atoms with Crippen molar-refractivity contribution < 1.29 is 26.8 Å². The monoisotopic (exact) mass is 665 g/mol. The van der Waals surface area contributed by atoms with Crippen LogP contribution in [0.25, 0.3) is 22.6 Å². The molecular weight excluding hydrogens is 637 g/mol. The Balaban J connectivity index is 1.51. The van der Waals surface area contributed by atoms with Crippen molar-refractivity contribution in [3.8, 4) is 22.6 Å². The van der Waals surface area contributed by atoms with Crippen molar-refractivity contribution in [3.05, 3.63) is 113 Å². The number of para-hydroxylation sites is 2. The zero-order chi connectivity index (χ0) is 32.2. The van der Waals surface area contributed by atoms with Crippen molar-refractivity contribution in [1.82, 2.24) is 19.0 Å². The van der Waals surface area contributed by atoms with E-state index < -0.39 is 24.0 Å². The largest absolute Gasteiger partial charge is 0.431 e. The summed E-state index contributed by atoms with van der Waals surface area (Å²) >= 11 is 6.52. The molecule has 3 aromatic carbocycles. The van der Waals surface area contributed by atoms with Crippen molar-refractivity contribution in [2.24, 2.45) is 4.99 Å². The summed E-state index contributed by atoms with van der Waals surface area (Å²) in [5, 5.41) is 5.68. The molecule has 0 spiro atoms. The fourth-order valence-electron chi connectivity index (χ4n) is 5.98. The van der Waals surface area contributed by atoms with E-state index in [-0.39, 0.29) is 11.6 Å². The van der Waals surface area contributed by atoms with Gasteiger partial charge in [0.15, 0.2) is 5.82 Å². The number of benzene rings is 3. The topological polar surface area (TPSA) is 56.8 Å². The number of fused-ring (bicyclic) bond motifs is 1. The molecule has 46 heavy (non-hydrogen) atoms. The highest BCUT2D eigenvalue weighted by molar-refractivity contribution is 8.15. The zero-order valence-electron chi connectivity index (χ0n) is 24.8. The van der Waals surface area contributed by atoms with E-state index in [4.69, 9.17) is 31.2 Å². The van der Waals surface area contributed by atoms with Gasteiger partial charge in [-0.2, -0.15) is 23.3 Å². The van der Waals surface area contributed by atoms with Crippen LogP contribution in [0.3, 0.4) is 0 Å². The van der Waals surface area contributed by atoms with Crippen LogP contribution in [0.15, 0.2) is 89.9 Å². The minimum absolute atomic E-state index is 0.0214. The average molecular weight is 666 g/mol. The number of aliphatic imine (C=N–C) groups is 1. The van der Waals surface area contributed by atoms with Crippen LogP contribution in [0.5, 0.6) is 0 Å². The van der Waals surface area contributed by atoms with E-state index in [1.165, 1.54) is 24.3 Å². The van der Waals surface area contributed by atoms with Crippen LogP contribution >= 0.6 is 6.42 Å². The lowest BCUT2D eigenvalue weighted by Crippen LogP contribution is -2.39. The Morgan fingerprint density at radius 2 is 1.57 bits per heavy atom. The number of aryl methyl sites for hydroxylation is 1. The van der Waals surface area contributed by atoms with Gasteiger partial charge in [0.2, 0.25) is 12.3 Å². The third-order valence-electron chi connectivity index (χ3n) is 8.13. The first kappa shape index (κ1) is 30.6. The quantitative estimate of drug-likeness (QED) is 0.144. The predicted octanol–water partition coefficient (Wildman–Crippen LogP) is 7.48. The third-order valence-corrected chi connectivity index (χ3v) is 12.1. The third kappa shape index (κ3) is 5.19. The number of hydrogen-bond donors (Lipinski definition) is 0. The molecule has 1 fully saturated rings. The van der Waals surface area contributed by atoms with Crippen LogP contribution in [-0.4, -0.2) is 51.2 Å². The standard InChI is InChI=1S/C33H28F4N5O2PS/c1-21-20-26(22(2)41(21)28-11-7-6-10-27(28)33(35,36)37)29-30-31(42(39-29)25-8-4-3-5-9-25)38-32(23-12-14-24(34)15-13-23)44-45(30,46)40-16-18-43-19-17-40/h3-15,20H,16-19H2,1-2H3. The Kier molecular flexibility index (Phi) is 7.71. The average Bonchev–Trinajstić information content (AvgIpc) is 3.58. The van der Waals surface area contributed by atoms with Crippen molar-refractivity contribution in [3.63, 3.8) is 0 Å². The van der Waals surface area contributed by atoms with Crippen molar-refractivity contribution in [2.75, 3.05) is 26.3 Å². The molecule has 0 amide bonds. The van der Waals surface area contributed by atoms with Gasteiger partial charge >= 0.3 is 6.18 Å². The van der Waals surface area contributed by atoms with Gasteiger partial charge in [-0.05, 0) is 80.3 Å². The Hall–Kier alpha value is -4.09. The Morgan fingerprint density at radius 1 is 0.891 bits per heavy atom. The van der Waals surface area contributed by atoms with Gasteiger partial charge in [-0.25, -0.2) is 13.7 Å². The summed E-state index contributed by atoms with van der Waals surface area (Å²) in [5.41, 5.74) is 2.81. The summed E-state index contributed by atoms with van der Waals surface area (Å²) in [5.74, 6) is 0.310. The second-order valence-electron chi connectivity index (χ2n) is 11.0. The van der Waals surface area contributed by atoms with E-state index in [2.05, 4.69) is 4.67 Å². The lowest BCUT2D eigenvalue weighted by atomic mass is 10.1. The minimum Gasteiger partial charge on any atom is -0.431 e. The molecule has 0 radical (unpaired) electrons. The van der Waals surface area contributed by atoms with E-state index in [0.717, 1.165) is 6.07 Å². The van der Waals surface area contributed by atoms with E-state index in [9.17, 15) is 17.6 Å². The van der Waals surface area contributed by atoms with Gasteiger partial charge in [0.25, 0.3) is 0 Å². The number of alkyl halides is 3. The molecule has 5 aromatic rings. The summed E-state index contributed by atoms with van der Waals surface area (Å²) < 4.78 is 74.1. The normalized spacial score (nSPS) is 18.6. The number of nitrogens with zero attached hydrogens (tertiary/aromatic N) is 5. The predicted molar refractivity (Wildman–Crippen MR) is 173 cm³/mol. The number of halogens is 4. The van der Waals surface area contributed by atoms with Crippen molar-refractivity contribution in [1.29, 1.82) is 0 Å². The van der Waals surface area contributed by atoms with Gasteiger partial charge in [0.05, 0.1) is 30.2 Å².